The normalized spacial score (nSPS) is 18.8. The van der Waals surface area contributed by atoms with Crippen molar-refractivity contribution in [2.75, 3.05) is 27.2 Å². The fourth-order valence-electron chi connectivity index (χ4n) is 2.53. The highest BCUT2D eigenvalue weighted by atomic mass is 16.5. The van der Waals surface area contributed by atoms with E-state index in [4.69, 9.17) is 11.3 Å². The lowest BCUT2D eigenvalue weighted by molar-refractivity contribution is 0.160. The predicted molar refractivity (Wildman–Crippen MR) is 75.9 cm³/mol. The van der Waals surface area contributed by atoms with E-state index in [1.807, 2.05) is 19.2 Å². The lowest BCUT2D eigenvalue weighted by atomic mass is 9.97. The largest absolute Gasteiger partial charge is 0.497 e. The predicted octanol–water partition coefficient (Wildman–Crippen LogP) is 2.13. The van der Waals surface area contributed by atoms with Crippen molar-refractivity contribution in [2.24, 2.45) is 0 Å². The number of rotatable bonds is 4. The molecular weight excluding hydrogens is 238 g/mol. The molecule has 4 heteroatoms. The highest BCUT2D eigenvalue weighted by Gasteiger charge is 2.38. The van der Waals surface area contributed by atoms with Gasteiger partial charge < -0.3 is 4.74 Å². The SMILES string of the molecule is [C-]#[N+]C1(NC)CCN(Cc2cccc(OC)c2)CC1. The summed E-state index contributed by atoms with van der Waals surface area (Å²) in [5, 5.41) is 3.17. The van der Waals surface area contributed by atoms with Gasteiger partial charge in [-0.15, -0.1) is 0 Å². The van der Waals surface area contributed by atoms with E-state index in [1.54, 1.807) is 7.11 Å². The molecule has 0 unspecified atom stereocenters. The van der Waals surface area contributed by atoms with E-state index in [-0.39, 0.29) is 5.66 Å². The molecule has 0 aromatic heterocycles. The van der Waals surface area contributed by atoms with Crippen LogP contribution in [0.5, 0.6) is 5.75 Å². The zero-order valence-corrected chi connectivity index (χ0v) is 11.6. The third-order valence-electron chi connectivity index (χ3n) is 3.90. The van der Waals surface area contributed by atoms with Gasteiger partial charge >= 0.3 is 0 Å². The number of hydrogen-bond acceptors (Lipinski definition) is 3. The van der Waals surface area contributed by atoms with Crippen molar-refractivity contribution in [1.82, 2.24) is 10.2 Å². The first-order chi connectivity index (χ1) is 9.21. The lowest BCUT2D eigenvalue weighted by Crippen LogP contribution is -2.49. The summed E-state index contributed by atoms with van der Waals surface area (Å²) < 4.78 is 5.24. The van der Waals surface area contributed by atoms with Gasteiger partial charge in [-0.1, -0.05) is 12.1 Å². The number of likely N-dealkylation sites (tertiary alicyclic amines) is 1. The second kappa shape index (κ2) is 6.05. The zero-order valence-electron chi connectivity index (χ0n) is 11.6. The van der Waals surface area contributed by atoms with Crippen molar-refractivity contribution in [3.05, 3.63) is 41.2 Å². The second-order valence-electron chi connectivity index (χ2n) is 5.02. The Hall–Kier alpha value is -1.57. The Morgan fingerprint density at radius 2 is 2.16 bits per heavy atom. The monoisotopic (exact) mass is 259 g/mol. The number of benzene rings is 1. The maximum absolute atomic E-state index is 7.31. The first kappa shape index (κ1) is 13.9. The fourth-order valence-corrected chi connectivity index (χ4v) is 2.53. The van der Waals surface area contributed by atoms with Crippen LogP contribution in [0, 0.1) is 6.57 Å². The minimum Gasteiger partial charge on any atom is -0.497 e. The average molecular weight is 259 g/mol. The molecule has 0 atom stereocenters. The molecule has 0 bridgehead atoms. The van der Waals surface area contributed by atoms with Crippen LogP contribution < -0.4 is 10.1 Å². The van der Waals surface area contributed by atoms with Crippen molar-refractivity contribution in [3.8, 4) is 5.75 Å². The summed E-state index contributed by atoms with van der Waals surface area (Å²) in [6.45, 7) is 10.2. The van der Waals surface area contributed by atoms with Crippen molar-refractivity contribution >= 4 is 0 Å². The van der Waals surface area contributed by atoms with Crippen molar-refractivity contribution in [3.63, 3.8) is 0 Å². The van der Waals surface area contributed by atoms with Gasteiger partial charge in [0, 0.05) is 19.6 Å². The molecule has 1 fully saturated rings. The summed E-state index contributed by atoms with van der Waals surface area (Å²) in [7, 11) is 3.58. The van der Waals surface area contributed by atoms with Crippen molar-refractivity contribution in [2.45, 2.75) is 25.0 Å². The van der Waals surface area contributed by atoms with E-state index < -0.39 is 0 Å². The second-order valence-corrected chi connectivity index (χ2v) is 5.02. The van der Waals surface area contributed by atoms with Gasteiger partial charge in [0.2, 0.25) is 0 Å². The Morgan fingerprint density at radius 1 is 1.42 bits per heavy atom. The molecule has 102 valence electrons. The first-order valence-electron chi connectivity index (χ1n) is 6.64. The number of nitrogens with one attached hydrogen (secondary N) is 1. The van der Waals surface area contributed by atoms with E-state index in [1.165, 1.54) is 5.56 Å². The minimum atomic E-state index is -0.342. The van der Waals surface area contributed by atoms with Gasteiger partial charge in [-0.2, -0.15) is 0 Å². The van der Waals surface area contributed by atoms with Crippen LogP contribution >= 0.6 is 0 Å². The van der Waals surface area contributed by atoms with Crippen LogP contribution in [0.4, 0.5) is 0 Å². The van der Waals surface area contributed by atoms with Crippen LogP contribution in [0.25, 0.3) is 4.85 Å². The molecule has 1 aliphatic rings. The number of piperidine rings is 1. The minimum absolute atomic E-state index is 0.342. The summed E-state index contributed by atoms with van der Waals surface area (Å²) in [6, 6.07) is 8.19. The van der Waals surface area contributed by atoms with Crippen molar-refractivity contribution in [1.29, 1.82) is 0 Å². The van der Waals surface area contributed by atoms with E-state index >= 15 is 0 Å². The van der Waals surface area contributed by atoms with Gasteiger partial charge in [0.1, 0.15) is 5.75 Å². The number of hydrogen-bond donors (Lipinski definition) is 1. The Morgan fingerprint density at radius 3 is 2.74 bits per heavy atom. The molecule has 0 amide bonds. The first-order valence-corrected chi connectivity index (χ1v) is 6.64. The average Bonchev–Trinajstić information content (AvgIpc) is 2.48. The summed E-state index contributed by atoms with van der Waals surface area (Å²) in [6.07, 6.45) is 1.77. The molecule has 1 saturated heterocycles. The van der Waals surface area contributed by atoms with Gasteiger partial charge in [-0.25, -0.2) is 11.9 Å². The zero-order chi connectivity index (χ0) is 13.7. The molecule has 0 spiro atoms. The maximum atomic E-state index is 7.31. The van der Waals surface area contributed by atoms with Gasteiger partial charge in [0.15, 0.2) is 0 Å². The van der Waals surface area contributed by atoms with Crippen LogP contribution in [-0.4, -0.2) is 37.8 Å². The van der Waals surface area contributed by atoms with Crippen molar-refractivity contribution < 1.29 is 4.74 Å². The molecule has 0 radical (unpaired) electrons. The van der Waals surface area contributed by atoms with Gasteiger partial charge in [0.05, 0.1) is 20.0 Å². The third kappa shape index (κ3) is 3.25. The molecular formula is C15H21N3O. The fraction of sp³-hybridized carbons (Fsp3) is 0.533. The molecule has 1 heterocycles. The third-order valence-corrected chi connectivity index (χ3v) is 3.90. The Bertz CT molecular complexity index is 459. The lowest BCUT2D eigenvalue weighted by Gasteiger charge is -2.33. The van der Waals surface area contributed by atoms with Crippen LogP contribution in [-0.2, 0) is 6.54 Å². The van der Waals surface area contributed by atoms with Crippen LogP contribution in [0.3, 0.4) is 0 Å². The molecule has 0 saturated carbocycles. The Balaban J connectivity index is 1.94. The standard InChI is InChI=1S/C15H21N3O/c1-16-15(17-2)7-9-18(10-8-15)12-13-5-4-6-14(11-13)19-3/h4-6,11,16H,7-10,12H2,1,3H3. The van der Waals surface area contributed by atoms with Gasteiger partial charge in [-0.05, 0) is 24.7 Å². The molecule has 1 aliphatic heterocycles. The number of ether oxygens (including phenoxy) is 1. The molecule has 1 N–H and O–H groups in total. The van der Waals surface area contributed by atoms with Gasteiger partial charge in [-0.3, -0.25) is 9.74 Å². The maximum Gasteiger partial charge on any atom is 0.288 e. The quantitative estimate of drug-likeness (QED) is 0.840. The van der Waals surface area contributed by atoms with E-state index in [2.05, 4.69) is 27.2 Å². The topological polar surface area (TPSA) is 28.9 Å². The van der Waals surface area contributed by atoms with Crippen LogP contribution in [0.15, 0.2) is 24.3 Å². The molecule has 19 heavy (non-hydrogen) atoms. The van der Waals surface area contributed by atoms with E-state index in [9.17, 15) is 0 Å². The summed E-state index contributed by atoms with van der Waals surface area (Å²) in [5.41, 5.74) is 0.921. The summed E-state index contributed by atoms with van der Waals surface area (Å²) in [4.78, 5) is 6.16. The molecule has 1 aromatic carbocycles. The number of methoxy groups -OCH3 is 1. The molecule has 2 rings (SSSR count). The van der Waals surface area contributed by atoms with Gasteiger partial charge in [0.25, 0.3) is 5.66 Å². The summed E-state index contributed by atoms with van der Waals surface area (Å²) >= 11 is 0. The molecule has 0 aliphatic carbocycles. The molecule has 4 nitrogen and oxygen atoms in total. The number of nitrogens with zero attached hydrogens (tertiary/aromatic N) is 2. The van der Waals surface area contributed by atoms with E-state index in [0.29, 0.717) is 0 Å². The Kier molecular flexibility index (Phi) is 4.41. The van der Waals surface area contributed by atoms with Crippen LogP contribution in [0.2, 0.25) is 0 Å². The highest BCUT2D eigenvalue weighted by molar-refractivity contribution is 5.28. The summed E-state index contributed by atoms with van der Waals surface area (Å²) in [5.74, 6) is 0.903. The van der Waals surface area contributed by atoms with Crippen LogP contribution in [0.1, 0.15) is 18.4 Å². The highest BCUT2D eigenvalue weighted by Crippen LogP contribution is 2.25. The smallest absolute Gasteiger partial charge is 0.288 e. The Labute approximate surface area is 115 Å². The molecule has 1 aromatic rings. The van der Waals surface area contributed by atoms with E-state index in [0.717, 1.165) is 38.2 Å².